The van der Waals surface area contributed by atoms with Crippen molar-refractivity contribution in [2.24, 2.45) is 0 Å². The van der Waals surface area contributed by atoms with Gasteiger partial charge in [0.25, 0.3) is 5.82 Å². The number of hydrogen-bond donors (Lipinski definition) is 0. The van der Waals surface area contributed by atoms with Crippen molar-refractivity contribution >= 4 is 21.9 Å². The molecule has 0 N–H and O–H groups in total. The van der Waals surface area contributed by atoms with Gasteiger partial charge in [0.15, 0.2) is 11.6 Å². The quantitative estimate of drug-likeness (QED) is 0.783. The first-order valence-electron chi connectivity index (χ1n) is 4.43. The fourth-order valence-electron chi connectivity index (χ4n) is 1.13. The largest absolute Gasteiger partial charge is 0.463 e. The predicted octanol–water partition coefficient (Wildman–Crippen LogP) is 1.35. The maximum Gasteiger partial charge on any atom is 0.377 e. The van der Waals surface area contributed by atoms with Gasteiger partial charge in [0.05, 0.1) is 7.11 Å². The van der Waals surface area contributed by atoms with E-state index in [1.54, 1.807) is 0 Å². The van der Waals surface area contributed by atoms with E-state index in [1.807, 2.05) is 0 Å². The minimum absolute atomic E-state index is 0.0455. The van der Waals surface area contributed by atoms with Gasteiger partial charge in [0.1, 0.15) is 6.33 Å². The molecule has 0 spiro atoms. The molecular formula is C9H6BrFN4O2. The standard InChI is InChI=1S/C9H6BrFN4O2/c1-17-9(16)7-13-4-15(14-7)8-6(11)2-5(10)3-12-8/h2-4H,1H3. The minimum Gasteiger partial charge on any atom is -0.463 e. The maximum absolute atomic E-state index is 13.5. The Morgan fingerprint density at radius 3 is 2.94 bits per heavy atom. The number of rotatable bonds is 2. The molecular weight excluding hydrogens is 295 g/mol. The Morgan fingerprint density at radius 2 is 2.29 bits per heavy atom. The van der Waals surface area contributed by atoms with Gasteiger partial charge in [0, 0.05) is 10.7 Å². The monoisotopic (exact) mass is 300 g/mol. The number of aromatic nitrogens is 4. The second-order valence-electron chi connectivity index (χ2n) is 2.96. The van der Waals surface area contributed by atoms with Crippen LogP contribution in [0.4, 0.5) is 4.39 Å². The molecule has 0 saturated heterocycles. The average Bonchev–Trinajstić information content (AvgIpc) is 2.77. The van der Waals surface area contributed by atoms with Crippen molar-refractivity contribution in [2.45, 2.75) is 0 Å². The van der Waals surface area contributed by atoms with Crippen LogP contribution in [0.15, 0.2) is 23.1 Å². The summed E-state index contributed by atoms with van der Waals surface area (Å²) in [5.74, 6) is -1.48. The SMILES string of the molecule is COC(=O)c1ncn(-c2ncc(Br)cc2F)n1. The number of ether oxygens (including phenoxy) is 1. The molecule has 0 fully saturated rings. The molecule has 0 atom stereocenters. The van der Waals surface area contributed by atoms with Gasteiger partial charge in [-0.2, -0.15) is 4.68 Å². The number of halogens is 2. The Balaban J connectivity index is 2.40. The number of nitrogens with zero attached hydrogens (tertiary/aromatic N) is 4. The van der Waals surface area contributed by atoms with E-state index < -0.39 is 11.8 Å². The molecule has 0 amide bonds. The zero-order valence-electron chi connectivity index (χ0n) is 8.59. The molecule has 0 saturated carbocycles. The van der Waals surface area contributed by atoms with Crippen LogP contribution in [0.25, 0.3) is 5.82 Å². The van der Waals surface area contributed by atoms with Crippen LogP contribution < -0.4 is 0 Å². The molecule has 88 valence electrons. The predicted molar refractivity (Wildman–Crippen MR) is 58.2 cm³/mol. The minimum atomic E-state index is -0.693. The summed E-state index contributed by atoms with van der Waals surface area (Å²) in [4.78, 5) is 18.6. The van der Waals surface area contributed by atoms with Crippen molar-refractivity contribution < 1.29 is 13.9 Å². The van der Waals surface area contributed by atoms with E-state index in [1.165, 1.54) is 25.7 Å². The molecule has 0 bridgehead atoms. The summed E-state index contributed by atoms with van der Waals surface area (Å²) in [6, 6.07) is 1.24. The lowest BCUT2D eigenvalue weighted by molar-refractivity contribution is 0.0587. The van der Waals surface area contributed by atoms with Crippen LogP contribution in [-0.4, -0.2) is 32.8 Å². The van der Waals surface area contributed by atoms with Gasteiger partial charge in [-0.25, -0.2) is 19.2 Å². The average molecular weight is 301 g/mol. The second-order valence-corrected chi connectivity index (χ2v) is 3.88. The molecule has 8 heteroatoms. The zero-order valence-corrected chi connectivity index (χ0v) is 10.2. The van der Waals surface area contributed by atoms with Crippen LogP contribution in [0, 0.1) is 5.82 Å². The van der Waals surface area contributed by atoms with Gasteiger partial charge in [0.2, 0.25) is 0 Å². The third kappa shape index (κ3) is 2.31. The fourth-order valence-corrected chi connectivity index (χ4v) is 1.43. The van der Waals surface area contributed by atoms with Crippen LogP contribution in [0.5, 0.6) is 0 Å². The summed E-state index contributed by atoms with van der Waals surface area (Å²) in [6.07, 6.45) is 2.60. The summed E-state index contributed by atoms with van der Waals surface area (Å²) in [7, 11) is 1.21. The van der Waals surface area contributed by atoms with E-state index in [9.17, 15) is 9.18 Å². The summed E-state index contributed by atoms with van der Waals surface area (Å²) >= 11 is 3.09. The van der Waals surface area contributed by atoms with Gasteiger partial charge in [-0.05, 0) is 22.0 Å². The first-order valence-corrected chi connectivity index (χ1v) is 5.22. The number of pyridine rings is 1. The smallest absolute Gasteiger partial charge is 0.377 e. The molecule has 2 aromatic heterocycles. The Bertz CT molecular complexity index is 572. The number of hydrogen-bond acceptors (Lipinski definition) is 5. The van der Waals surface area contributed by atoms with Crippen molar-refractivity contribution in [1.29, 1.82) is 0 Å². The molecule has 6 nitrogen and oxygen atoms in total. The molecule has 0 radical (unpaired) electrons. The molecule has 2 rings (SSSR count). The molecule has 2 aromatic rings. The lowest BCUT2D eigenvalue weighted by atomic mass is 10.4. The van der Waals surface area contributed by atoms with Crippen molar-refractivity contribution in [3.8, 4) is 5.82 Å². The Morgan fingerprint density at radius 1 is 1.53 bits per heavy atom. The highest BCUT2D eigenvalue weighted by Crippen LogP contribution is 2.14. The van der Waals surface area contributed by atoms with Gasteiger partial charge < -0.3 is 4.74 Å². The molecule has 0 aliphatic heterocycles. The van der Waals surface area contributed by atoms with E-state index in [0.29, 0.717) is 4.47 Å². The third-order valence-electron chi connectivity index (χ3n) is 1.87. The third-order valence-corrected chi connectivity index (χ3v) is 2.30. The van der Waals surface area contributed by atoms with Crippen molar-refractivity contribution in [3.05, 3.63) is 34.7 Å². The maximum atomic E-state index is 13.5. The van der Waals surface area contributed by atoms with Crippen molar-refractivity contribution in [1.82, 2.24) is 19.7 Å². The molecule has 17 heavy (non-hydrogen) atoms. The highest BCUT2D eigenvalue weighted by molar-refractivity contribution is 9.10. The fraction of sp³-hybridized carbons (Fsp3) is 0.111. The number of esters is 1. The van der Waals surface area contributed by atoms with E-state index in [0.717, 1.165) is 4.68 Å². The van der Waals surface area contributed by atoms with Crippen LogP contribution in [-0.2, 0) is 4.74 Å². The number of methoxy groups -OCH3 is 1. The lowest BCUT2D eigenvalue weighted by Gasteiger charge is -2.00. The molecule has 2 heterocycles. The zero-order chi connectivity index (χ0) is 12.4. The number of carbonyl (C=O) groups excluding carboxylic acids is 1. The van der Waals surface area contributed by atoms with E-state index >= 15 is 0 Å². The van der Waals surface area contributed by atoms with Gasteiger partial charge in [-0.3, -0.25) is 0 Å². The van der Waals surface area contributed by atoms with Crippen LogP contribution >= 0.6 is 15.9 Å². The normalized spacial score (nSPS) is 10.3. The Kier molecular flexibility index (Phi) is 3.14. The highest BCUT2D eigenvalue weighted by Gasteiger charge is 2.14. The summed E-state index contributed by atoms with van der Waals surface area (Å²) in [5.41, 5.74) is 0. The summed E-state index contributed by atoms with van der Waals surface area (Å²) in [5, 5.41) is 3.75. The first kappa shape index (κ1) is 11.6. The van der Waals surface area contributed by atoms with E-state index in [2.05, 4.69) is 35.7 Å². The lowest BCUT2D eigenvalue weighted by Crippen LogP contribution is -2.06. The van der Waals surface area contributed by atoms with Crippen LogP contribution in [0.1, 0.15) is 10.6 Å². The Hall–Kier alpha value is -1.83. The van der Waals surface area contributed by atoms with Crippen molar-refractivity contribution in [2.75, 3.05) is 7.11 Å². The molecule has 0 aromatic carbocycles. The highest BCUT2D eigenvalue weighted by atomic mass is 79.9. The molecule has 0 aliphatic carbocycles. The second kappa shape index (κ2) is 4.58. The van der Waals surface area contributed by atoms with Crippen LogP contribution in [0.3, 0.4) is 0 Å². The van der Waals surface area contributed by atoms with E-state index in [-0.39, 0.29) is 11.6 Å². The summed E-state index contributed by atoms with van der Waals surface area (Å²) in [6.45, 7) is 0. The Labute approximate surface area is 104 Å². The van der Waals surface area contributed by atoms with Gasteiger partial charge in [-0.15, -0.1) is 5.10 Å². The van der Waals surface area contributed by atoms with Crippen molar-refractivity contribution in [3.63, 3.8) is 0 Å². The van der Waals surface area contributed by atoms with Crippen LogP contribution in [0.2, 0.25) is 0 Å². The molecule has 0 unspecified atom stereocenters. The number of carbonyl (C=O) groups is 1. The van der Waals surface area contributed by atoms with Gasteiger partial charge in [-0.1, -0.05) is 0 Å². The topological polar surface area (TPSA) is 69.9 Å². The summed E-state index contributed by atoms with van der Waals surface area (Å²) < 4.78 is 19.5. The van der Waals surface area contributed by atoms with E-state index in [4.69, 9.17) is 0 Å². The van der Waals surface area contributed by atoms with Gasteiger partial charge >= 0.3 is 5.97 Å². The molecule has 0 aliphatic rings. The first-order chi connectivity index (χ1) is 8.11.